The van der Waals surface area contributed by atoms with Crippen LogP contribution < -0.4 is 0 Å². The second-order valence-electron chi connectivity index (χ2n) is 13.4. The molecule has 0 aromatic carbocycles. The minimum atomic E-state index is -2.16. The summed E-state index contributed by atoms with van der Waals surface area (Å²) in [6, 6.07) is 0. The van der Waals surface area contributed by atoms with Gasteiger partial charge in [-0.05, 0) is 87.5 Å². The standard InChI is InChI=1S/C29H38O9/c1-15-9-23(31)29(34)25(36-15)37-21-11-17-3-4-20-19(27(17,14-30)12-22(21)38-29)5-7-26(2)18(6-8-28(20,26)33)16-10-24(32)35-13-16/h10,14-15,17-22,25,33-34H,3-9,11-13H2,1-2H3/t15-,17+,18-,19+,20-,21-,22-,25+,26-,27-,28+,29-/m1/s1. The van der Waals surface area contributed by atoms with Crippen molar-refractivity contribution in [3.63, 3.8) is 0 Å². The van der Waals surface area contributed by atoms with Crippen LogP contribution in [0.15, 0.2) is 11.6 Å². The fourth-order valence-electron chi connectivity index (χ4n) is 10.1. The molecule has 0 aromatic heterocycles. The van der Waals surface area contributed by atoms with Crippen molar-refractivity contribution in [2.75, 3.05) is 6.61 Å². The number of hydrogen-bond donors (Lipinski definition) is 2. The monoisotopic (exact) mass is 530 g/mol. The summed E-state index contributed by atoms with van der Waals surface area (Å²) in [6.45, 7) is 4.23. The number of hydrogen-bond acceptors (Lipinski definition) is 9. The lowest BCUT2D eigenvalue weighted by Crippen LogP contribution is -2.70. The molecule has 9 nitrogen and oxygen atoms in total. The van der Waals surface area contributed by atoms with Crippen molar-refractivity contribution in [3.05, 3.63) is 11.6 Å². The third-order valence-corrected chi connectivity index (χ3v) is 11.9. The van der Waals surface area contributed by atoms with Gasteiger partial charge in [0.05, 0.1) is 23.9 Å². The molecule has 4 saturated carbocycles. The highest BCUT2D eigenvalue weighted by atomic mass is 16.8. The molecular weight excluding hydrogens is 492 g/mol. The summed E-state index contributed by atoms with van der Waals surface area (Å²) in [5, 5.41) is 23.6. The van der Waals surface area contributed by atoms with E-state index in [2.05, 4.69) is 6.92 Å². The highest BCUT2D eigenvalue weighted by Crippen LogP contribution is 2.70. The van der Waals surface area contributed by atoms with Gasteiger partial charge in [-0.25, -0.2) is 4.79 Å². The maximum atomic E-state index is 13.1. The molecule has 2 N–H and O–H groups in total. The van der Waals surface area contributed by atoms with Crippen LogP contribution >= 0.6 is 0 Å². The van der Waals surface area contributed by atoms with Crippen LogP contribution in [-0.2, 0) is 33.3 Å². The highest BCUT2D eigenvalue weighted by molar-refractivity contribution is 5.87. The number of rotatable bonds is 2. The van der Waals surface area contributed by atoms with E-state index in [1.807, 2.05) is 0 Å². The van der Waals surface area contributed by atoms with Gasteiger partial charge in [0.1, 0.15) is 12.9 Å². The minimum Gasteiger partial charge on any atom is -0.458 e. The van der Waals surface area contributed by atoms with E-state index >= 15 is 0 Å². The van der Waals surface area contributed by atoms with Crippen molar-refractivity contribution in [2.24, 2.45) is 34.5 Å². The lowest BCUT2D eigenvalue weighted by atomic mass is 9.42. The largest absolute Gasteiger partial charge is 0.458 e. The van der Waals surface area contributed by atoms with Crippen LogP contribution in [0.4, 0.5) is 0 Å². The van der Waals surface area contributed by atoms with Crippen molar-refractivity contribution in [1.82, 2.24) is 0 Å². The second-order valence-corrected chi connectivity index (χ2v) is 13.4. The normalized spacial score (nSPS) is 55.5. The van der Waals surface area contributed by atoms with Gasteiger partial charge in [-0.2, -0.15) is 0 Å². The number of aldehydes is 1. The first kappa shape index (κ1) is 25.3. The van der Waals surface area contributed by atoms with Gasteiger partial charge < -0.3 is 34.0 Å². The van der Waals surface area contributed by atoms with Gasteiger partial charge in [0.25, 0.3) is 5.79 Å². The van der Waals surface area contributed by atoms with E-state index in [0.717, 1.165) is 44.0 Å². The van der Waals surface area contributed by atoms with E-state index in [0.29, 0.717) is 25.9 Å². The number of ether oxygens (including phenoxy) is 4. The molecule has 2 saturated heterocycles. The summed E-state index contributed by atoms with van der Waals surface area (Å²) in [4.78, 5) is 37.7. The summed E-state index contributed by atoms with van der Waals surface area (Å²) in [5.41, 5.74) is -1.07. The number of fused-ring (bicyclic) bond motifs is 7. The molecule has 208 valence electrons. The lowest BCUT2D eigenvalue weighted by molar-refractivity contribution is -0.413. The zero-order chi connectivity index (χ0) is 26.7. The molecule has 4 aliphatic carbocycles. The van der Waals surface area contributed by atoms with Crippen LogP contribution in [0.3, 0.4) is 0 Å². The molecule has 0 aromatic rings. The van der Waals surface area contributed by atoms with Gasteiger partial charge in [-0.15, -0.1) is 0 Å². The Morgan fingerprint density at radius 1 is 1.03 bits per heavy atom. The Morgan fingerprint density at radius 2 is 1.84 bits per heavy atom. The fraction of sp³-hybridized carbons (Fsp3) is 0.828. The smallest absolute Gasteiger partial charge is 0.331 e. The van der Waals surface area contributed by atoms with Crippen molar-refractivity contribution in [1.29, 1.82) is 0 Å². The average molecular weight is 531 g/mol. The third-order valence-electron chi connectivity index (χ3n) is 11.9. The molecule has 7 rings (SSSR count). The Kier molecular flexibility index (Phi) is 5.46. The van der Waals surface area contributed by atoms with E-state index in [-0.39, 0.29) is 48.3 Å². The number of esters is 1. The number of cyclic esters (lactones) is 1. The van der Waals surface area contributed by atoms with Crippen LogP contribution in [0.25, 0.3) is 0 Å². The average Bonchev–Trinajstić information content (AvgIpc) is 3.42. The molecule has 3 heterocycles. The van der Waals surface area contributed by atoms with Crippen molar-refractivity contribution in [2.45, 2.75) is 108 Å². The van der Waals surface area contributed by atoms with Crippen molar-refractivity contribution in [3.8, 4) is 0 Å². The Balaban J connectivity index is 1.19. The SMILES string of the molecule is C[C@@H]1CC(=O)[C@@]2(O)O[C@@H]3C[C@@]4(C=O)[C@@H](CC[C@@H]5[C@@H]4CC[C@]4(C)[C@@H](C6=CC(=O)OC6)CC[C@]54O)C[C@H]3O[C@@H]2O1. The van der Waals surface area contributed by atoms with Crippen LogP contribution in [-0.4, -0.2) is 70.8 Å². The quantitative estimate of drug-likeness (QED) is 0.314. The Hall–Kier alpha value is -1.65. The van der Waals surface area contributed by atoms with Gasteiger partial charge in [-0.3, -0.25) is 4.79 Å². The number of carbonyl (C=O) groups is 3. The molecule has 0 bridgehead atoms. The molecule has 0 spiro atoms. The first-order chi connectivity index (χ1) is 18.0. The number of carbonyl (C=O) groups excluding carboxylic acids is 3. The van der Waals surface area contributed by atoms with Crippen LogP contribution in [0.5, 0.6) is 0 Å². The van der Waals surface area contributed by atoms with Gasteiger partial charge in [0, 0.05) is 23.3 Å². The molecule has 9 heteroatoms. The molecule has 12 atom stereocenters. The van der Waals surface area contributed by atoms with E-state index in [1.165, 1.54) is 0 Å². The summed E-state index contributed by atoms with van der Waals surface area (Å²) in [6.07, 6.45) is 5.80. The zero-order valence-corrected chi connectivity index (χ0v) is 22.1. The summed E-state index contributed by atoms with van der Waals surface area (Å²) >= 11 is 0. The molecule has 3 aliphatic heterocycles. The number of aliphatic hydroxyl groups is 2. The second kappa shape index (κ2) is 8.19. The molecule has 0 unspecified atom stereocenters. The van der Waals surface area contributed by atoms with Gasteiger partial charge in [0.2, 0.25) is 6.29 Å². The van der Waals surface area contributed by atoms with Gasteiger partial charge in [0.15, 0.2) is 5.78 Å². The molecule has 6 fully saturated rings. The molecule has 0 amide bonds. The highest BCUT2D eigenvalue weighted by Gasteiger charge is 2.70. The van der Waals surface area contributed by atoms with Crippen molar-refractivity contribution >= 4 is 18.0 Å². The summed E-state index contributed by atoms with van der Waals surface area (Å²) in [7, 11) is 0. The third kappa shape index (κ3) is 3.14. The van der Waals surface area contributed by atoms with Gasteiger partial charge in [-0.1, -0.05) is 6.92 Å². The molecule has 0 radical (unpaired) electrons. The molecule has 7 aliphatic rings. The predicted molar refractivity (Wildman–Crippen MR) is 130 cm³/mol. The van der Waals surface area contributed by atoms with E-state index in [4.69, 9.17) is 18.9 Å². The fourth-order valence-corrected chi connectivity index (χ4v) is 10.1. The topological polar surface area (TPSA) is 129 Å². The summed E-state index contributed by atoms with van der Waals surface area (Å²) < 4.78 is 23.3. The van der Waals surface area contributed by atoms with Gasteiger partial charge >= 0.3 is 5.97 Å². The summed E-state index contributed by atoms with van der Waals surface area (Å²) in [5.74, 6) is -2.84. The Labute approximate surface area is 222 Å². The Morgan fingerprint density at radius 3 is 2.58 bits per heavy atom. The van der Waals surface area contributed by atoms with Crippen LogP contribution in [0.1, 0.15) is 71.6 Å². The van der Waals surface area contributed by atoms with Crippen molar-refractivity contribution < 1.29 is 43.5 Å². The number of Topliss-reactive ketones (excluding diaryl/α,β-unsaturated/α-hetero) is 1. The van der Waals surface area contributed by atoms with E-state index in [9.17, 15) is 24.6 Å². The lowest BCUT2D eigenvalue weighted by Gasteiger charge is -2.64. The predicted octanol–water partition coefficient (Wildman–Crippen LogP) is 2.21. The number of ketones is 1. The molecular formula is C29H38O9. The van der Waals surface area contributed by atoms with E-state index < -0.39 is 40.4 Å². The molecule has 38 heavy (non-hydrogen) atoms. The first-order valence-corrected chi connectivity index (χ1v) is 14.3. The Bertz CT molecular complexity index is 1100. The zero-order valence-electron chi connectivity index (χ0n) is 22.1. The van der Waals surface area contributed by atoms with Crippen LogP contribution in [0.2, 0.25) is 0 Å². The maximum Gasteiger partial charge on any atom is 0.331 e. The maximum absolute atomic E-state index is 13.1. The van der Waals surface area contributed by atoms with Crippen LogP contribution in [0, 0.1) is 34.5 Å². The minimum absolute atomic E-state index is 0.0266. The van der Waals surface area contributed by atoms with E-state index in [1.54, 1.807) is 13.0 Å². The first-order valence-electron chi connectivity index (χ1n) is 14.3.